The summed E-state index contributed by atoms with van der Waals surface area (Å²) in [7, 11) is 0. The van der Waals surface area contributed by atoms with Gasteiger partial charge in [-0.3, -0.25) is 9.59 Å². The van der Waals surface area contributed by atoms with Crippen LogP contribution in [-0.2, 0) is 14.3 Å². The third-order valence-corrected chi connectivity index (χ3v) is 3.52. The molecule has 0 fully saturated rings. The molecule has 0 spiro atoms. The lowest BCUT2D eigenvalue weighted by molar-refractivity contribution is -0.122. The molecule has 0 saturated heterocycles. The Hall–Kier alpha value is -3.35. The lowest BCUT2D eigenvalue weighted by atomic mass is 10.2. The second kappa shape index (κ2) is 9.38. The Morgan fingerprint density at radius 2 is 1.48 bits per heavy atom. The predicted molar refractivity (Wildman–Crippen MR) is 102 cm³/mol. The topological polar surface area (TPSA) is 93.7 Å². The highest BCUT2D eigenvalue weighted by Gasteiger charge is 2.15. The maximum absolute atomic E-state index is 12.3. The van der Waals surface area contributed by atoms with Crippen LogP contribution in [0.4, 0.5) is 11.4 Å². The Kier molecular flexibility index (Phi) is 6.93. The summed E-state index contributed by atoms with van der Waals surface area (Å²) < 4.78 is 10.5. The molecular weight excluding hydrogens is 348 g/mol. The molecule has 0 aliphatic heterocycles. The largest absolute Gasteiger partial charge is 0.481 e. The van der Waals surface area contributed by atoms with E-state index in [1.54, 1.807) is 62.4 Å². The third-order valence-electron chi connectivity index (χ3n) is 3.52. The van der Waals surface area contributed by atoms with Crippen LogP contribution in [0, 0.1) is 0 Å². The van der Waals surface area contributed by atoms with E-state index in [0.717, 1.165) is 0 Å². The minimum absolute atomic E-state index is 0.164. The normalized spacial score (nSPS) is 11.2. The maximum Gasteiger partial charge on any atom is 0.338 e. The Morgan fingerprint density at radius 3 is 2.00 bits per heavy atom. The van der Waals surface area contributed by atoms with E-state index in [1.807, 2.05) is 0 Å². The first-order valence-corrected chi connectivity index (χ1v) is 8.51. The van der Waals surface area contributed by atoms with Gasteiger partial charge in [0.15, 0.2) is 6.10 Å². The van der Waals surface area contributed by atoms with E-state index in [-0.39, 0.29) is 11.8 Å². The van der Waals surface area contributed by atoms with Crippen molar-refractivity contribution in [3.63, 3.8) is 0 Å². The van der Waals surface area contributed by atoms with Crippen molar-refractivity contribution >= 4 is 29.2 Å². The van der Waals surface area contributed by atoms with Crippen LogP contribution in [0.2, 0.25) is 0 Å². The molecule has 0 aromatic heterocycles. The Bertz CT molecular complexity index is 800. The van der Waals surface area contributed by atoms with Crippen LogP contribution in [0.3, 0.4) is 0 Å². The quantitative estimate of drug-likeness (QED) is 0.730. The molecule has 2 N–H and O–H groups in total. The van der Waals surface area contributed by atoms with E-state index >= 15 is 0 Å². The van der Waals surface area contributed by atoms with Crippen LogP contribution in [0.5, 0.6) is 5.75 Å². The molecule has 0 saturated carbocycles. The highest BCUT2D eigenvalue weighted by Crippen LogP contribution is 2.17. The Balaban J connectivity index is 1.91. The van der Waals surface area contributed by atoms with E-state index in [4.69, 9.17) is 9.47 Å². The fourth-order valence-electron chi connectivity index (χ4n) is 2.23. The number of amides is 2. The molecule has 0 bridgehead atoms. The zero-order valence-corrected chi connectivity index (χ0v) is 15.4. The monoisotopic (exact) mass is 370 g/mol. The number of benzene rings is 2. The van der Waals surface area contributed by atoms with Crippen LogP contribution in [-0.4, -0.2) is 30.5 Å². The summed E-state index contributed by atoms with van der Waals surface area (Å²) >= 11 is 0. The second-order valence-corrected chi connectivity index (χ2v) is 5.75. The van der Waals surface area contributed by atoms with E-state index in [0.29, 0.717) is 29.3 Å². The van der Waals surface area contributed by atoms with E-state index in [1.165, 1.54) is 6.92 Å². The maximum atomic E-state index is 12.3. The highest BCUT2D eigenvalue weighted by atomic mass is 16.5. The van der Waals surface area contributed by atoms with Crippen molar-refractivity contribution in [2.75, 3.05) is 17.2 Å². The number of hydrogen-bond donors (Lipinski definition) is 2. The SMILES string of the molecule is CCOC(=O)c1ccc(O[C@@H](C)C(=O)Nc2ccc(NC(C)=O)cc2)cc1. The van der Waals surface area contributed by atoms with Gasteiger partial charge in [0, 0.05) is 18.3 Å². The van der Waals surface area contributed by atoms with E-state index in [9.17, 15) is 14.4 Å². The third kappa shape index (κ3) is 6.14. The van der Waals surface area contributed by atoms with Gasteiger partial charge in [0.2, 0.25) is 5.91 Å². The van der Waals surface area contributed by atoms with Gasteiger partial charge in [0.25, 0.3) is 5.91 Å². The average Bonchev–Trinajstić information content (AvgIpc) is 2.63. The molecule has 142 valence electrons. The zero-order chi connectivity index (χ0) is 19.8. The summed E-state index contributed by atoms with van der Waals surface area (Å²) in [6, 6.07) is 13.1. The Morgan fingerprint density at radius 1 is 0.926 bits per heavy atom. The van der Waals surface area contributed by atoms with Crippen LogP contribution < -0.4 is 15.4 Å². The molecule has 2 aromatic carbocycles. The molecule has 0 heterocycles. The van der Waals surface area contributed by atoms with Gasteiger partial charge in [-0.25, -0.2) is 4.79 Å². The summed E-state index contributed by atoms with van der Waals surface area (Å²) in [5.41, 5.74) is 1.65. The van der Waals surface area contributed by atoms with E-state index < -0.39 is 12.1 Å². The number of esters is 1. The van der Waals surface area contributed by atoms with Gasteiger partial charge >= 0.3 is 5.97 Å². The summed E-state index contributed by atoms with van der Waals surface area (Å²) in [6.07, 6.45) is -0.742. The van der Waals surface area contributed by atoms with Crippen molar-refractivity contribution in [2.45, 2.75) is 26.9 Å². The Labute approximate surface area is 157 Å². The molecule has 2 rings (SSSR count). The summed E-state index contributed by atoms with van der Waals surface area (Å²) in [4.78, 5) is 34.9. The van der Waals surface area contributed by atoms with Gasteiger partial charge in [-0.15, -0.1) is 0 Å². The lowest BCUT2D eigenvalue weighted by Gasteiger charge is -2.15. The molecule has 1 atom stereocenters. The smallest absolute Gasteiger partial charge is 0.338 e. The molecule has 2 aromatic rings. The van der Waals surface area contributed by atoms with Gasteiger partial charge in [0.05, 0.1) is 12.2 Å². The minimum Gasteiger partial charge on any atom is -0.481 e. The van der Waals surface area contributed by atoms with Crippen molar-refractivity contribution in [3.05, 3.63) is 54.1 Å². The fourth-order valence-corrected chi connectivity index (χ4v) is 2.23. The van der Waals surface area contributed by atoms with Crippen LogP contribution in [0.1, 0.15) is 31.1 Å². The van der Waals surface area contributed by atoms with Gasteiger partial charge in [-0.2, -0.15) is 0 Å². The zero-order valence-electron chi connectivity index (χ0n) is 15.4. The molecule has 7 heteroatoms. The first kappa shape index (κ1) is 20.0. The summed E-state index contributed by atoms with van der Waals surface area (Å²) in [5, 5.41) is 5.39. The minimum atomic E-state index is -0.742. The lowest BCUT2D eigenvalue weighted by Crippen LogP contribution is -2.30. The van der Waals surface area contributed by atoms with Gasteiger partial charge in [0.1, 0.15) is 5.75 Å². The first-order chi connectivity index (χ1) is 12.9. The van der Waals surface area contributed by atoms with E-state index in [2.05, 4.69) is 10.6 Å². The van der Waals surface area contributed by atoms with Gasteiger partial charge in [-0.1, -0.05) is 0 Å². The molecule has 27 heavy (non-hydrogen) atoms. The summed E-state index contributed by atoms with van der Waals surface area (Å²) in [5.74, 6) is -0.427. The fraction of sp³-hybridized carbons (Fsp3) is 0.250. The number of ether oxygens (including phenoxy) is 2. The number of hydrogen-bond acceptors (Lipinski definition) is 5. The number of carbonyl (C=O) groups is 3. The highest BCUT2D eigenvalue weighted by molar-refractivity contribution is 5.95. The number of carbonyl (C=O) groups excluding carboxylic acids is 3. The first-order valence-electron chi connectivity index (χ1n) is 8.51. The van der Waals surface area contributed by atoms with Crippen molar-refractivity contribution < 1.29 is 23.9 Å². The molecule has 0 radical (unpaired) electrons. The molecule has 2 amide bonds. The number of rotatable bonds is 7. The average molecular weight is 370 g/mol. The van der Waals surface area contributed by atoms with Gasteiger partial charge in [-0.05, 0) is 62.4 Å². The van der Waals surface area contributed by atoms with Crippen LogP contribution in [0.15, 0.2) is 48.5 Å². The summed E-state index contributed by atoms with van der Waals surface area (Å²) in [6.45, 7) is 5.09. The van der Waals surface area contributed by atoms with Crippen molar-refractivity contribution in [1.82, 2.24) is 0 Å². The molecule has 0 aliphatic rings. The molecule has 0 unspecified atom stereocenters. The predicted octanol–water partition coefficient (Wildman–Crippen LogP) is 3.23. The van der Waals surface area contributed by atoms with Gasteiger partial charge < -0.3 is 20.1 Å². The van der Waals surface area contributed by atoms with Crippen LogP contribution >= 0.6 is 0 Å². The van der Waals surface area contributed by atoms with Crippen LogP contribution in [0.25, 0.3) is 0 Å². The van der Waals surface area contributed by atoms with Crippen molar-refractivity contribution in [3.8, 4) is 5.75 Å². The molecule has 7 nitrogen and oxygen atoms in total. The molecular formula is C20H22N2O5. The van der Waals surface area contributed by atoms with Crippen molar-refractivity contribution in [1.29, 1.82) is 0 Å². The number of nitrogens with one attached hydrogen (secondary N) is 2. The standard InChI is InChI=1S/C20H22N2O5/c1-4-26-20(25)15-5-11-18(12-6-15)27-13(2)19(24)22-17-9-7-16(8-10-17)21-14(3)23/h5-13H,4H2,1-3H3,(H,21,23)(H,22,24)/t13-/m0/s1. The number of anilines is 2. The molecule has 0 aliphatic carbocycles. The van der Waals surface area contributed by atoms with Crippen molar-refractivity contribution in [2.24, 2.45) is 0 Å². The second-order valence-electron chi connectivity index (χ2n) is 5.75.